The molecule has 1 aliphatic rings. The summed E-state index contributed by atoms with van der Waals surface area (Å²) in [7, 11) is 0. The molecule has 0 spiro atoms. The fraction of sp³-hybridized carbons (Fsp3) is 0.846. The Kier molecular flexibility index (Phi) is 8.76. The summed E-state index contributed by atoms with van der Waals surface area (Å²) in [5, 5.41) is 2.82. The van der Waals surface area contributed by atoms with Crippen LogP contribution in [0.5, 0.6) is 0 Å². The van der Waals surface area contributed by atoms with Crippen molar-refractivity contribution in [3.63, 3.8) is 0 Å². The molecular weight excluding hydrogens is 268 g/mol. The minimum Gasteiger partial charge on any atom is -0.466 e. The number of ether oxygens (including phenoxy) is 1. The third-order valence-corrected chi connectivity index (χ3v) is 3.35. The van der Waals surface area contributed by atoms with Crippen LogP contribution in [-0.2, 0) is 14.3 Å². The van der Waals surface area contributed by atoms with Gasteiger partial charge in [0.15, 0.2) is 0 Å². The average Bonchev–Trinajstić information content (AvgIpc) is 2.35. The molecule has 19 heavy (non-hydrogen) atoms. The molecular formula is C13H25ClN2O3. The van der Waals surface area contributed by atoms with E-state index in [0.29, 0.717) is 26.0 Å². The SMILES string of the molecule is CCOC(=O)CCCNC(=O)C1(N)CCCCC1.Cl. The van der Waals surface area contributed by atoms with Crippen LogP contribution in [0.2, 0.25) is 0 Å². The second-order valence-corrected chi connectivity index (χ2v) is 4.88. The van der Waals surface area contributed by atoms with Gasteiger partial charge >= 0.3 is 5.97 Å². The number of carbonyl (C=O) groups excluding carboxylic acids is 2. The van der Waals surface area contributed by atoms with E-state index in [0.717, 1.165) is 32.1 Å². The van der Waals surface area contributed by atoms with E-state index in [1.54, 1.807) is 6.92 Å². The van der Waals surface area contributed by atoms with Crippen LogP contribution in [0, 0.1) is 0 Å². The lowest BCUT2D eigenvalue weighted by molar-refractivity contribution is -0.143. The third-order valence-electron chi connectivity index (χ3n) is 3.35. The highest BCUT2D eigenvalue weighted by Gasteiger charge is 2.34. The second kappa shape index (κ2) is 9.15. The number of rotatable bonds is 6. The first-order chi connectivity index (χ1) is 8.58. The van der Waals surface area contributed by atoms with Crippen LogP contribution in [-0.4, -0.2) is 30.6 Å². The van der Waals surface area contributed by atoms with Gasteiger partial charge in [-0.3, -0.25) is 9.59 Å². The van der Waals surface area contributed by atoms with Crippen LogP contribution in [0.1, 0.15) is 51.9 Å². The normalized spacial score (nSPS) is 17.2. The van der Waals surface area contributed by atoms with Crippen LogP contribution >= 0.6 is 12.4 Å². The first-order valence-electron chi connectivity index (χ1n) is 6.81. The summed E-state index contributed by atoms with van der Waals surface area (Å²) >= 11 is 0. The van der Waals surface area contributed by atoms with Crippen molar-refractivity contribution in [3.05, 3.63) is 0 Å². The Morgan fingerprint density at radius 3 is 2.47 bits per heavy atom. The molecule has 1 saturated carbocycles. The zero-order chi connectivity index (χ0) is 13.4. The van der Waals surface area contributed by atoms with Gasteiger partial charge in [-0.15, -0.1) is 12.4 Å². The number of hydrogen-bond donors (Lipinski definition) is 2. The van der Waals surface area contributed by atoms with Gasteiger partial charge in [-0.05, 0) is 26.2 Å². The van der Waals surface area contributed by atoms with Gasteiger partial charge in [0.25, 0.3) is 0 Å². The number of hydrogen-bond acceptors (Lipinski definition) is 4. The Hall–Kier alpha value is -0.810. The number of nitrogens with one attached hydrogen (secondary N) is 1. The monoisotopic (exact) mass is 292 g/mol. The molecule has 1 amide bonds. The molecule has 0 saturated heterocycles. The summed E-state index contributed by atoms with van der Waals surface area (Å²) in [6, 6.07) is 0. The van der Waals surface area contributed by atoms with E-state index in [1.807, 2.05) is 0 Å². The molecule has 0 aromatic rings. The average molecular weight is 293 g/mol. The number of halogens is 1. The molecule has 1 rings (SSSR count). The number of carbonyl (C=O) groups is 2. The number of esters is 1. The minimum absolute atomic E-state index is 0. The highest BCUT2D eigenvalue weighted by Crippen LogP contribution is 2.25. The van der Waals surface area contributed by atoms with Crippen molar-refractivity contribution < 1.29 is 14.3 Å². The van der Waals surface area contributed by atoms with Crippen LogP contribution in [0.4, 0.5) is 0 Å². The van der Waals surface area contributed by atoms with Crippen LogP contribution in [0.25, 0.3) is 0 Å². The predicted octanol–water partition coefficient (Wildman–Crippen LogP) is 1.53. The molecule has 6 heteroatoms. The maximum Gasteiger partial charge on any atom is 0.305 e. The molecule has 112 valence electrons. The standard InChI is InChI=1S/C13H24N2O3.ClH/c1-2-18-11(16)7-6-10-15-12(17)13(14)8-4-3-5-9-13;/h2-10,14H2,1H3,(H,15,17);1H. The molecule has 1 fully saturated rings. The predicted molar refractivity (Wildman–Crippen MR) is 76.1 cm³/mol. The topological polar surface area (TPSA) is 81.4 Å². The molecule has 0 aromatic carbocycles. The quantitative estimate of drug-likeness (QED) is 0.574. The molecule has 0 radical (unpaired) electrons. The van der Waals surface area contributed by atoms with E-state index in [1.165, 1.54) is 0 Å². The lowest BCUT2D eigenvalue weighted by Gasteiger charge is -2.31. The summed E-state index contributed by atoms with van der Waals surface area (Å²) < 4.78 is 4.81. The van der Waals surface area contributed by atoms with E-state index in [-0.39, 0.29) is 24.3 Å². The van der Waals surface area contributed by atoms with E-state index in [9.17, 15) is 9.59 Å². The van der Waals surface area contributed by atoms with Gasteiger partial charge in [0, 0.05) is 13.0 Å². The molecule has 1 aliphatic carbocycles. The van der Waals surface area contributed by atoms with Crippen LogP contribution in [0.3, 0.4) is 0 Å². The van der Waals surface area contributed by atoms with Gasteiger partial charge < -0.3 is 15.8 Å². The molecule has 0 bridgehead atoms. The Morgan fingerprint density at radius 1 is 1.26 bits per heavy atom. The van der Waals surface area contributed by atoms with Gasteiger partial charge in [-0.2, -0.15) is 0 Å². The maximum atomic E-state index is 11.9. The molecule has 3 N–H and O–H groups in total. The Bertz CT molecular complexity index is 292. The Balaban J connectivity index is 0.00000324. The first kappa shape index (κ1) is 18.2. The van der Waals surface area contributed by atoms with Gasteiger partial charge in [0.1, 0.15) is 0 Å². The van der Waals surface area contributed by atoms with Crippen molar-refractivity contribution in [1.29, 1.82) is 0 Å². The largest absolute Gasteiger partial charge is 0.466 e. The molecule has 5 nitrogen and oxygen atoms in total. The molecule has 0 aliphatic heterocycles. The molecule has 0 heterocycles. The van der Waals surface area contributed by atoms with Crippen molar-refractivity contribution in [2.24, 2.45) is 5.73 Å². The highest BCUT2D eigenvalue weighted by molar-refractivity contribution is 5.86. The van der Waals surface area contributed by atoms with Crippen LogP contribution < -0.4 is 11.1 Å². The Morgan fingerprint density at radius 2 is 1.89 bits per heavy atom. The minimum atomic E-state index is -0.692. The second-order valence-electron chi connectivity index (χ2n) is 4.88. The van der Waals surface area contributed by atoms with Crippen LogP contribution in [0.15, 0.2) is 0 Å². The van der Waals surface area contributed by atoms with Gasteiger partial charge in [0.2, 0.25) is 5.91 Å². The van der Waals surface area contributed by atoms with E-state index in [4.69, 9.17) is 10.5 Å². The fourth-order valence-corrected chi connectivity index (χ4v) is 2.25. The summed E-state index contributed by atoms with van der Waals surface area (Å²) in [5.74, 6) is -0.294. The summed E-state index contributed by atoms with van der Waals surface area (Å²) in [6.45, 7) is 2.66. The lowest BCUT2D eigenvalue weighted by atomic mass is 9.82. The Labute approximate surface area is 121 Å². The van der Waals surface area contributed by atoms with Gasteiger partial charge in [0.05, 0.1) is 12.1 Å². The van der Waals surface area contributed by atoms with Crippen molar-refractivity contribution >= 4 is 24.3 Å². The number of amides is 1. The summed E-state index contributed by atoms with van der Waals surface area (Å²) in [6.07, 6.45) is 5.66. The lowest BCUT2D eigenvalue weighted by Crippen LogP contribution is -2.55. The third kappa shape index (κ3) is 6.25. The molecule has 0 unspecified atom stereocenters. The van der Waals surface area contributed by atoms with E-state index < -0.39 is 5.54 Å². The van der Waals surface area contributed by atoms with Crippen molar-refractivity contribution in [3.8, 4) is 0 Å². The molecule has 0 atom stereocenters. The first-order valence-corrected chi connectivity index (χ1v) is 6.81. The summed E-state index contributed by atoms with van der Waals surface area (Å²) in [4.78, 5) is 23.0. The van der Waals surface area contributed by atoms with Crippen molar-refractivity contribution in [1.82, 2.24) is 5.32 Å². The highest BCUT2D eigenvalue weighted by atomic mass is 35.5. The smallest absolute Gasteiger partial charge is 0.305 e. The van der Waals surface area contributed by atoms with E-state index in [2.05, 4.69) is 5.32 Å². The van der Waals surface area contributed by atoms with Crippen molar-refractivity contribution in [2.45, 2.75) is 57.4 Å². The summed E-state index contributed by atoms with van der Waals surface area (Å²) in [5.41, 5.74) is 5.40. The zero-order valence-electron chi connectivity index (χ0n) is 11.6. The fourth-order valence-electron chi connectivity index (χ4n) is 2.25. The van der Waals surface area contributed by atoms with E-state index >= 15 is 0 Å². The molecule has 0 aromatic heterocycles. The zero-order valence-corrected chi connectivity index (χ0v) is 12.4. The van der Waals surface area contributed by atoms with Gasteiger partial charge in [-0.1, -0.05) is 19.3 Å². The van der Waals surface area contributed by atoms with Crippen molar-refractivity contribution in [2.75, 3.05) is 13.2 Å². The van der Waals surface area contributed by atoms with Gasteiger partial charge in [-0.25, -0.2) is 0 Å². The maximum absolute atomic E-state index is 11.9. The number of nitrogens with two attached hydrogens (primary N) is 1.